The standard InChI is InChI=1S/C23H31N3O2/c1-4-8-22-12-25-14-23(9-5-2,21(22)27)15-26(13-22)20(25)18-11-24-19-7-6-16(28-3)10-17(18)19/h6-7,10-11,20,24H,4-5,8-9,12-15H2,1-3H3/p+2. The molecule has 4 aliphatic rings. The van der Waals surface area contributed by atoms with Crippen molar-refractivity contribution in [2.75, 3.05) is 33.3 Å². The molecule has 0 atom stereocenters. The van der Waals surface area contributed by atoms with Crippen molar-refractivity contribution in [3.8, 4) is 5.75 Å². The zero-order valence-corrected chi connectivity index (χ0v) is 17.4. The van der Waals surface area contributed by atoms with Gasteiger partial charge in [-0.15, -0.1) is 0 Å². The number of ketones is 1. The lowest BCUT2D eigenvalue weighted by Gasteiger charge is -2.60. The fourth-order valence-electron chi connectivity index (χ4n) is 7.03. The minimum atomic E-state index is -0.0919. The average Bonchev–Trinajstić information content (AvgIpc) is 3.08. The summed E-state index contributed by atoms with van der Waals surface area (Å²) in [7, 11) is 1.73. The molecular weight excluding hydrogens is 350 g/mol. The molecule has 0 unspecified atom stereocenters. The highest BCUT2D eigenvalue weighted by atomic mass is 16.5. The highest BCUT2D eigenvalue weighted by Crippen LogP contribution is 2.42. The molecule has 0 spiro atoms. The van der Waals surface area contributed by atoms with E-state index < -0.39 is 0 Å². The van der Waals surface area contributed by atoms with Crippen LogP contribution in [-0.2, 0) is 4.79 Å². The first-order valence-corrected chi connectivity index (χ1v) is 10.9. The van der Waals surface area contributed by atoms with Crippen LogP contribution in [0.4, 0.5) is 0 Å². The van der Waals surface area contributed by atoms with Crippen molar-refractivity contribution in [3.05, 3.63) is 30.0 Å². The molecule has 5 heteroatoms. The van der Waals surface area contributed by atoms with E-state index in [9.17, 15) is 4.79 Å². The molecule has 0 saturated carbocycles. The average molecular weight is 384 g/mol. The zero-order chi connectivity index (χ0) is 19.5. The number of ether oxygens (including phenoxy) is 1. The number of H-pyrrole nitrogens is 1. The predicted octanol–water partition coefficient (Wildman–Crippen LogP) is 1.13. The molecule has 5 heterocycles. The summed E-state index contributed by atoms with van der Waals surface area (Å²) >= 11 is 0. The van der Waals surface area contributed by atoms with Gasteiger partial charge in [0.2, 0.25) is 6.17 Å². The van der Waals surface area contributed by atoms with E-state index >= 15 is 0 Å². The lowest BCUT2D eigenvalue weighted by atomic mass is 9.57. The van der Waals surface area contributed by atoms with Gasteiger partial charge in [-0.05, 0) is 31.0 Å². The van der Waals surface area contributed by atoms with Gasteiger partial charge < -0.3 is 9.72 Å². The fourth-order valence-corrected chi connectivity index (χ4v) is 7.03. The zero-order valence-electron chi connectivity index (χ0n) is 17.4. The summed E-state index contributed by atoms with van der Waals surface area (Å²) in [6, 6.07) is 6.30. The number of aromatic nitrogens is 1. The van der Waals surface area contributed by atoms with E-state index in [1.807, 2.05) is 6.07 Å². The Hall–Kier alpha value is -1.85. The Morgan fingerprint density at radius 3 is 2.21 bits per heavy atom. The molecule has 28 heavy (non-hydrogen) atoms. The Balaban J connectivity index is 1.58. The number of hydrogen-bond donors (Lipinski definition) is 3. The molecule has 5 nitrogen and oxygen atoms in total. The van der Waals surface area contributed by atoms with Gasteiger partial charge in [0.15, 0.2) is 5.78 Å². The van der Waals surface area contributed by atoms with E-state index in [-0.39, 0.29) is 10.8 Å². The summed E-state index contributed by atoms with van der Waals surface area (Å²) in [6.07, 6.45) is 6.94. The summed E-state index contributed by atoms with van der Waals surface area (Å²) in [5.74, 6) is 1.52. The van der Waals surface area contributed by atoms with Crippen LogP contribution >= 0.6 is 0 Å². The number of methoxy groups -OCH3 is 1. The van der Waals surface area contributed by atoms with E-state index in [1.54, 1.807) is 16.9 Å². The van der Waals surface area contributed by atoms with E-state index in [2.05, 4.69) is 37.2 Å². The van der Waals surface area contributed by atoms with Crippen molar-refractivity contribution in [2.24, 2.45) is 10.8 Å². The van der Waals surface area contributed by atoms with Crippen LogP contribution in [-0.4, -0.2) is 44.1 Å². The van der Waals surface area contributed by atoms with Crippen LogP contribution in [0.1, 0.15) is 51.3 Å². The first kappa shape index (κ1) is 18.2. The number of quaternary nitrogens is 2. The van der Waals surface area contributed by atoms with Crippen molar-refractivity contribution in [3.63, 3.8) is 0 Å². The summed E-state index contributed by atoms with van der Waals surface area (Å²) in [6.45, 7) is 8.51. The van der Waals surface area contributed by atoms with Crippen molar-refractivity contribution in [2.45, 2.75) is 45.7 Å². The number of aromatic amines is 1. The Bertz CT molecular complexity index is 874. The van der Waals surface area contributed by atoms with Gasteiger partial charge in [-0.25, -0.2) is 0 Å². The van der Waals surface area contributed by atoms with Crippen LogP contribution < -0.4 is 14.5 Å². The number of carbonyl (C=O) groups is 1. The molecule has 1 aromatic heterocycles. The molecule has 4 bridgehead atoms. The van der Waals surface area contributed by atoms with Crippen LogP contribution in [0.5, 0.6) is 5.75 Å². The predicted molar refractivity (Wildman–Crippen MR) is 109 cm³/mol. The minimum Gasteiger partial charge on any atom is -0.497 e. The molecule has 150 valence electrons. The maximum absolute atomic E-state index is 13.6. The molecule has 3 N–H and O–H groups in total. The molecule has 0 aliphatic carbocycles. The monoisotopic (exact) mass is 383 g/mol. The second-order valence-electron chi connectivity index (χ2n) is 9.50. The number of hydrogen-bond acceptors (Lipinski definition) is 2. The topological polar surface area (TPSA) is 51.0 Å². The van der Waals surface area contributed by atoms with Gasteiger partial charge in [0.05, 0.1) is 12.7 Å². The van der Waals surface area contributed by atoms with Crippen molar-refractivity contribution < 1.29 is 19.3 Å². The third-order valence-electron chi connectivity index (χ3n) is 7.73. The second-order valence-corrected chi connectivity index (χ2v) is 9.50. The SMILES string of the molecule is CCCC12C[NH+]3CC(CCC)(C[NH+](C1)C3c1c[nH]c3ccc(OC)cc13)C2=O. The van der Waals surface area contributed by atoms with Crippen LogP contribution in [0.2, 0.25) is 0 Å². The summed E-state index contributed by atoms with van der Waals surface area (Å²) in [5.41, 5.74) is 2.38. The van der Waals surface area contributed by atoms with Gasteiger partial charge in [-0.1, -0.05) is 26.7 Å². The molecule has 1 aromatic carbocycles. The van der Waals surface area contributed by atoms with Crippen molar-refractivity contribution in [1.29, 1.82) is 0 Å². The van der Waals surface area contributed by atoms with Crippen molar-refractivity contribution in [1.82, 2.24) is 4.98 Å². The lowest BCUT2D eigenvalue weighted by molar-refractivity contribution is -1.18. The van der Waals surface area contributed by atoms with Crippen molar-refractivity contribution >= 4 is 16.7 Å². The molecule has 2 aromatic rings. The van der Waals surface area contributed by atoms with Gasteiger partial charge in [-0.2, -0.15) is 0 Å². The summed E-state index contributed by atoms with van der Waals surface area (Å²) in [4.78, 5) is 20.4. The number of fused-ring (bicyclic) bond motifs is 1. The van der Waals surface area contributed by atoms with E-state index in [0.29, 0.717) is 11.9 Å². The minimum absolute atomic E-state index is 0.0919. The maximum Gasteiger partial charge on any atom is 0.242 e. The highest BCUT2D eigenvalue weighted by molar-refractivity contribution is 5.92. The molecule has 4 fully saturated rings. The third-order valence-corrected chi connectivity index (χ3v) is 7.73. The van der Waals surface area contributed by atoms with Crippen LogP contribution in [0.15, 0.2) is 24.4 Å². The molecule has 6 rings (SSSR count). The normalized spacial score (nSPS) is 36.4. The summed E-state index contributed by atoms with van der Waals surface area (Å²) < 4.78 is 5.49. The Morgan fingerprint density at radius 2 is 1.68 bits per heavy atom. The van der Waals surface area contributed by atoms with Gasteiger partial charge in [0.1, 0.15) is 42.8 Å². The molecule has 0 amide bonds. The second kappa shape index (κ2) is 6.33. The Kier molecular flexibility index (Phi) is 4.11. The fraction of sp³-hybridized carbons (Fsp3) is 0.609. The highest BCUT2D eigenvalue weighted by Gasteiger charge is 2.70. The van der Waals surface area contributed by atoms with Crippen LogP contribution in [0.3, 0.4) is 0 Å². The van der Waals surface area contributed by atoms with E-state index in [0.717, 1.165) is 57.6 Å². The van der Waals surface area contributed by atoms with E-state index in [4.69, 9.17) is 4.74 Å². The van der Waals surface area contributed by atoms with Gasteiger partial charge in [0.25, 0.3) is 0 Å². The Labute approximate surface area is 167 Å². The van der Waals surface area contributed by atoms with Crippen LogP contribution in [0.25, 0.3) is 10.9 Å². The smallest absolute Gasteiger partial charge is 0.242 e. The number of rotatable bonds is 6. The quantitative estimate of drug-likeness (QED) is 0.700. The molecule has 4 aliphatic heterocycles. The number of benzene rings is 1. The molecule has 4 saturated heterocycles. The first-order chi connectivity index (χ1) is 13.6. The van der Waals surface area contributed by atoms with Gasteiger partial charge in [-0.3, -0.25) is 14.6 Å². The van der Waals surface area contributed by atoms with Crippen LogP contribution in [0, 0.1) is 10.8 Å². The van der Waals surface area contributed by atoms with Gasteiger partial charge >= 0.3 is 0 Å². The van der Waals surface area contributed by atoms with Gasteiger partial charge in [0, 0.05) is 17.1 Å². The van der Waals surface area contributed by atoms with E-state index in [1.165, 1.54) is 16.5 Å². The third kappa shape index (κ3) is 2.35. The number of carbonyl (C=O) groups excluding carboxylic acids is 1. The number of piperidine rings is 2. The largest absolute Gasteiger partial charge is 0.497 e. The molecular formula is C23H33N3O2+2. The number of nitrogens with one attached hydrogen (secondary N) is 3. The maximum atomic E-state index is 13.6. The Morgan fingerprint density at radius 1 is 1.07 bits per heavy atom. The lowest BCUT2D eigenvalue weighted by Crippen LogP contribution is -3.41. The number of Topliss-reactive ketones (excluding diaryl/α,β-unsaturated/α-hetero) is 1. The summed E-state index contributed by atoms with van der Waals surface area (Å²) in [5, 5.41) is 1.28. The molecule has 0 radical (unpaired) electrons. The first-order valence-electron chi connectivity index (χ1n) is 10.9.